The van der Waals surface area contributed by atoms with Gasteiger partial charge in [0.1, 0.15) is 21.7 Å². The van der Waals surface area contributed by atoms with Gasteiger partial charge in [-0.1, -0.05) is 111 Å². The third-order valence-corrected chi connectivity index (χ3v) is 19.2. The van der Waals surface area contributed by atoms with Crippen molar-refractivity contribution in [2.75, 3.05) is 0 Å². The summed E-state index contributed by atoms with van der Waals surface area (Å²) < 4.78 is 0. The van der Waals surface area contributed by atoms with Crippen molar-refractivity contribution in [2.45, 2.75) is 173 Å². The number of aldehydes is 1. The molecule has 3 aromatic heterocycles. The van der Waals surface area contributed by atoms with E-state index in [9.17, 15) is 19.8 Å². The van der Waals surface area contributed by atoms with Crippen LogP contribution in [0.2, 0.25) is 15.5 Å². The maximum absolute atomic E-state index is 12.4. The van der Waals surface area contributed by atoms with Crippen LogP contribution in [-0.4, -0.2) is 37.2 Å². The number of aromatic nitrogens is 3. The summed E-state index contributed by atoms with van der Waals surface area (Å²) in [4.78, 5) is 35.0. The van der Waals surface area contributed by atoms with E-state index in [2.05, 4.69) is 21.0 Å². The lowest BCUT2D eigenvalue weighted by Crippen LogP contribution is -2.47. The minimum atomic E-state index is -0.353. The lowest BCUT2D eigenvalue weighted by Gasteiger charge is -2.55. The Labute approximate surface area is 407 Å². The third kappa shape index (κ3) is 10.1. The van der Waals surface area contributed by atoms with Crippen LogP contribution >= 0.6 is 34.8 Å². The first-order chi connectivity index (χ1) is 31.8. The number of aliphatic hydroxyl groups excluding tert-OH is 2. The second kappa shape index (κ2) is 19.8. The van der Waals surface area contributed by atoms with Gasteiger partial charge in [-0.3, -0.25) is 4.79 Å². The van der Waals surface area contributed by atoms with Gasteiger partial charge < -0.3 is 15.0 Å². The summed E-state index contributed by atoms with van der Waals surface area (Å²) >= 11 is 17.2. The maximum Gasteiger partial charge on any atom is 0.170 e. The van der Waals surface area contributed by atoms with E-state index in [-0.39, 0.29) is 45.1 Å². The van der Waals surface area contributed by atoms with Crippen LogP contribution in [0.3, 0.4) is 0 Å². The normalized spacial score (nSPS) is 37.3. The highest BCUT2D eigenvalue weighted by molar-refractivity contribution is 6.30. The Hall–Kier alpha value is -2.93. The van der Waals surface area contributed by atoms with E-state index in [4.69, 9.17) is 40.1 Å². The quantitative estimate of drug-likeness (QED) is 0.136. The summed E-state index contributed by atoms with van der Waals surface area (Å²) in [5, 5.41) is 31.1. The molecule has 15 aliphatic carbocycles. The molecule has 0 aromatic carbocycles. The van der Waals surface area contributed by atoms with Gasteiger partial charge in [0.05, 0.1) is 23.7 Å². The Kier molecular flexibility index (Phi) is 14.4. The number of nitriles is 1. The molecule has 0 amide bonds. The molecule has 66 heavy (non-hydrogen) atoms. The van der Waals surface area contributed by atoms with Crippen molar-refractivity contribution in [1.82, 2.24) is 15.0 Å². The van der Waals surface area contributed by atoms with Gasteiger partial charge in [0.25, 0.3) is 0 Å². The monoisotopic (exact) mass is 954 g/mol. The van der Waals surface area contributed by atoms with Crippen molar-refractivity contribution >= 4 is 46.9 Å². The third-order valence-electron chi connectivity index (χ3n) is 18.5. The number of nitrogens with zero attached hydrogens (tertiary/aromatic N) is 4. The lowest BCUT2D eigenvalue weighted by molar-refractivity contribution is -0.128. The number of ketones is 1. The van der Waals surface area contributed by atoms with Crippen LogP contribution in [0.5, 0.6) is 0 Å². The molecule has 2 N–H and O–H groups in total. The number of pyridine rings is 3. The molecular formula is C55H69Cl3N4O4. The largest absolute Gasteiger partial charge is 0.388 e. The molecule has 10 bridgehead atoms. The number of halogens is 3. The summed E-state index contributed by atoms with van der Waals surface area (Å²) in [6, 6.07) is 13.3. The van der Waals surface area contributed by atoms with Crippen LogP contribution in [0.15, 0.2) is 55.0 Å². The van der Waals surface area contributed by atoms with Crippen LogP contribution < -0.4 is 0 Å². The van der Waals surface area contributed by atoms with E-state index < -0.39 is 0 Å². The number of hydrogen-bond acceptors (Lipinski definition) is 8. The van der Waals surface area contributed by atoms with Gasteiger partial charge in [-0.2, -0.15) is 5.26 Å². The van der Waals surface area contributed by atoms with Crippen molar-refractivity contribution in [3.8, 4) is 6.07 Å². The van der Waals surface area contributed by atoms with Crippen LogP contribution in [0.25, 0.3) is 0 Å². The zero-order chi connectivity index (χ0) is 46.2. The molecular weight excluding hydrogens is 887 g/mol. The molecule has 2 atom stereocenters. The summed E-state index contributed by atoms with van der Waals surface area (Å²) in [6.07, 6.45) is 36.2. The molecule has 15 aliphatic rings. The SMILES string of the molecule is N#CC12CCCC(C1)C2.O=C(c1ccc(Cl)nc1)C12CCCC(C1)C2.O=CC12CCCC(C1)C2.OC(c1ccc(Cl)nc1)C12CCCC(C1)C2.OC(c1ccc(Cl)nc1)C12CCCC(C1)C2. The first-order valence-electron chi connectivity index (χ1n) is 25.4. The van der Waals surface area contributed by atoms with Crippen molar-refractivity contribution in [3.63, 3.8) is 0 Å². The van der Waals surface area contributed by atoms with Gasteiger partial charge in [0, 0.05) is 45.8 Å². The fourth-order valence-electron chi connectivity index (χ4n) is 15.0. The number of carbonyl (C=O) groups excluding carboxylic acids is 2. The smallest absolute Gasteiger partial charge is 0.170 e. The Balaban J connectivity index is 0.000000106. The second-order valence-electron chi connectivity index (χ2n) is 23.0. The van der Waals surface area contributed by atoms with E-state index >= 15 is 0 Å². The number of fused-ring (bicyclic) bond motifs is 10. The molecule has 3 heterocycles. The summed E-state index contributed by atoms with van der Waals surface area (Å²) in [6.45, 7) is 0. The first-order valence-corrected chi connectivity index (χ1v) is 26.5. The molecule has 8 nitrogen and oxygen atoms in total. The van der Waals surface area contributed by atoms with E-state index in [0.29, 0.717) is 15.5 Å². The minimum Gasteiger partial charge on any atom is -0.388 e. The van der Waals surface area contributed by atoms with Crippen LogP contribution in [0.4, 0.5) is 0 Å². The van der Waals surface area contributed by atoms with Crippen molar-refractivity contribution in [1.29, 1.82) is 5.26 Å². The van der Waals surface area contributed by atoms with Gasteiger partial charge in [-0.25, -0.2) is 15.0 Å². The fraction of sp³-hybridized carbons (Fsp3) is 0.673. The molecule has 11 heteroatoms. The molecule has 3 aromatic rings. The predicted molar refractivity (Wildman–Crippen MR) is 259 cm³/mol. The number of rotatable bonds is 7. The molecule has 18 rings (SSSR count). The Morgan fingerprint density at radius 1 is 0.576 bits per heavy atom. The van der Waals surface area contributed by atoms with E-state index in [0.717, 1.165) is 78.4 Å². The Morgan fingerprint density at radius 2 is 1.00 bits per heavy atom. The Morgan fingerprint density at radius 3 is 1.30 bits per heavy atom. The molecule has 0 radical (unpaired) electrons. The standard InChI is InChI=1S/2C13H16ClNO.C13H14ClNO.C8H11N.C8H12O/c3*14-11-4-3-10(8-15-11)12(16)13-5-1-2-9(6-13)7-13;2*9-6-8-3-1-2-7(4-8)5-8/h2*3-4,8-9,12,16H,1-2,5-7H2;3-4,8-9H,1-2,5-7H2;7H,1-5H2;6-7H,1-5H2. The molecule has 354 valence electrons. The molecule has 0 saturated heterocycles. The average molecular weight is 957 g/mol. The van der Waals surface area contributed by atoms with Gasteiger partial charge in [0.2, 0.25) is 0 Å². The van der Waals surface area contributed by atoms with Crippen LogP contribution in [-0.2, 0) is 4.79 Å². The van der Waals surface area contributed by atoms with Gasteiger partial charge in [0.15, 0.2) is 5.78 Å². The van der Waals surface area contributed by atoms with Crippen molar-refractivity contribution < 1.29 is 19.8 Å². The first kappa shape index (κ1) is 48.1. The maximum atomic E-state index is 12.4. The van der Waals surface area contributed by atoms with Gasteiger partial charge >= 0.3 is 0 Å². The molecule has 2 unspecified atom stereocenters. The van der Waals surface area contributed by atoms with E-state index in [1.807, 2.05) is 12.1 Å². The van der Waals surface area contributed by atoms with Gasteiger partial charge in [-0.05, 0) is 161 Å². The number of aliphatic hydroxyl groups is 2. The summed E-state index contributed by atoms with van der Waals surface area (Å²) in [7, 11) is 0. The highest BCUT2D eigenvalue weighted by atomic mass is 35.5. The fourth-order valence-corrected chi connectivity index (χ4v) is 15.4. The number of Topliss-reactive ketones (excluding diaryl/α,β-unsaturated/α-hetero) is 1. The zero-order valence-electron chi connectivity index (χ0n) is 38.6. The molecule has 0 aliphatic heterocycles. The van der Waals surface area contributed by atoms with Gasteiger partial charge in [-0.15, -0.1) is 0 Å². The highest BCUT2D eigenvalue weighted by Crippen LogP contribution is 2.63. The highest BCUT2D eigenvalue weighted by Gasteiger charge is 2.54. The van der Waals surface area contributed by atoms with E-state index in [1.54, 1.807) is 42.9 Å². The second-order valence-corrected chi connectivity index (χ2v) is 24.2. The summed E-state index contributed by atoms with van der Waals surface area (Å²) in [5.41, 5.74) is 3.18. The molecule has 0 spiro atoms. The zero-order valence-corrected chi connectivity index (χ0v) is 40.9. The minimum absolute atomic E-state index is 0.0432. The summed E-state index contributed by atoms with van der Waals surface area (Å²) in [5.74, 6) is 4.67. The lowest BCUT2D eigenvalue weighted by atomic mass is 9.51. The Bertz CT molecular complexity index is 2080. The van der Waals surface area contributed by atoms with Crippen molar-refractivity contribution in [2.24, 2.45) is 56.7 Å². The molecule has 15 saturated carbocycles. The topological polar surface area (TPSA) is 137 Å². The number of carbonyl (C=O) groups is 2. The predicted octanol–water partition coefficient (Wildman–Crippen LogP) is 14.1. The van der Waals surface area contributed by atoms with Crippen molar-refractivity contribution in [3.05, 3.63) is 87.1 Å². The average Bonchev–Trinajstić information content (AvgIpc) is 3.32. The van der Waals surface area contributed by atoms with E-state index in [1.165, 1.54) is 135 Å². The van der Waals surface area contributed by atoms with Crippen LogP contribution in [0, 0.1) is 68.0 Å². The number of hydrogen-bond donors (Lipinski definition) is 2. The molecule has 15 fully saturated rings. The van der Waals surface area contributed by atoms with Crippen LogP contribution in [0.1, 0.15) is 194 Å².